The first kappa shape index (κ1) is 22.0. The smallest absolute Gasteiger partial charge is 0.356 e. The standard InChI is InChI=1S/C22H26ClN7O2/c1-4-32-21(31)20-14-18(27-29(20)3)17-7-8-24-22(26-17)25-15-5-6-19(16(23)13-15)30-11-9-28(2)10-12-30/h5-8,13-14H,4,9-12H2,1-3H3,(H,24,25,26). The van der Waals surface area contributed by atoms with Crippen LogP contribution in [0.15, 0.2) is 36.5 Å². The first-order chi connectivity index (χ1) is 15.4. The van der Waals surface area contributed by atoms with E-state index in [1.807, 2.05) is 18.2 Å². The molecule has 0 amide bonds. The van der Waals surface area contributed by atoms with Gasteiger partial charge in [0.1, 0.15) is 11.4 Å². The molecule has 0 radical (unpaired) electrons. The fourth-order valence-electron chi connectivity index (χ4n) is 3.57. The van der Waals surface area contributed by atoms with Crippen LogP contribution in [0.4, 0.5) is 17.3 Å². The number of aromatic nitrogens is 4. The van der Waals surface area contributed by atoms with Gasteiger partial charge in [0.05, 0.1) is 23.0 Å². The predicted octanol–water partition coefficient (Wildman–Crippen LogP) is 3.20. The van der Waals surface area contributed by atoms with E-state index in [4.69, 9.17) is 16.3 Å². The lowest BCUT2D eigenvalue weighted by molar-refractivity contribution is 0.0513. The number of carbonyl (C=O) groups excluding carboxylic acids is 1. The lowest BCUT2D eigenvalue weighted by Gasteiger charge is -2.34. The number of piperazine rings is 1. The van der Waals surface area contributed by atoms with Crippen molar-refractivity contribution in [1.29, 1.82) is 0 Å². The van der Waals surface area contributed by atoms with Crippen molar-refractivity contribution in [2.24, 2.45) is 7.05 Å². The van der Waals surface area contributed by atoms with Gasteiger partial charge < -0.3 is 19.9 Å². The van der Waals surface area contributed by atoms with Crippen molar-refractivity contribution in [3.8, 4) is 11.4 Å². The Balaban J connectivity index is 1.50. The molecule has 9 nitrogen and oxygen atoms in total. The second-order valence-corrected chi connectivity index (χ2v) is 8.01. The largest absolute Gasteiger partial charge is 0.461 e. The highest BCUT2D eigenvalue weighted by Crippen LogP contribution is 2.30. The van der Waals surface area contributed by atoms with Crippen molar-refractivity contribution in [2.75, 3.05) is 50.1 Å². The van der Waals surface area contributed by atoms with Gasteiger partial charge in [0.15, 0.2) is 0 Å². The molecule has 168 valence electrons. The van der Waals surface area contributed by atoms with Crippen molar-refractivity contribution < 1.29 is 9.53 Å². The summed E-state index contributed by atoms with van der Waals surface area (Å²) in [4.78, 5) is 25.5. The molecule has 2 aromatic heterocycles. The molecule has 3 heterocycles. The van der Waals surface area contributed by atoms with Gasteiger partial charge in [0.2, 0.25) is 5.95 Å². The molecule has 32 heavy (non-hydrogen) atoms. The summed E-state index contributed by atoms with van der Waals surface area (Å²) >= 11 is 6.58. The van der Waals surface area contributed by atoms with Crippen LogP contribution in [0.25, 0.3) is 11.4 Å². The van der Waals surface area contributed by atoms with Crippen LogP contribution >= 0.6 is 11.6 Å². The number of hydrogen-bond acceptors (Lipinski definition) is 8. The van der Waals surface area contributed by atoms with Crippen molar-refractivity contribution in [1.82, 2.24) is 24.6 Å². The van der Waals surface area contributed by atoms with Crippen LogP contribution in [0.3, 0.4) is 0 Å². The van der Waals surface area contributed by atoms with Crippen molar-refractivity contribution in [2.45, 2.75) is 6.92 Å². The number of nitrogens with one attached hydrogen (secondary N) is 1. The molecule has 1 aliphatic rings. The van der Waals surface area contributed by atoms with Gasteiger partial charge in [-0.2, -0.15) is 5.10 Å². The Hall–Kier alpha value is -3.17. The van der Waals surface area contributed by atoms with Gasteiger partial charge in [0, 0.05) is 51.2 Å². The molecule has 0 unspecified atom stereocenters. The number of esters is 1. The third-order valence-corrected chi connectivity index (χ3v) is 5.63. The molecule has 0 spiro atoms. The van der Waals surface area contributed by atoms with Crippen molar-refractivity contribution in [3.63, 3.8) is 0 Å². The van der Waals surface area contributed by atoms with E-state index < -0.39 is 5.97 Å². The first-order valence-corrected chi connectivity index (χ1v) is 10.9. The molecule has 10 heteroatoms. The molecule has 0 saturated carbocycles. The number of benzene rings is 1. The lowest BCUT2D eigenvalue weighted by Crippen LogP contribution is -2.44. The normalized spacial score (nSPS) is 14.4. The SMILES string of the molecule is CCOC(=O)c1cc(-c2ccnc(Nc3ccc(N4CCN(C)CC4)c(Cl)c3)n2)nn1C. The Morgan fingerprint density at radius 2 is 1.91 bits per heavy atom. The zero-order valence-electron chi connectivity index (χ0n) is 18.4. The van der Waals surface area contributed by atoms with E-state index in [9.17, 15) is 4.79 Å². The van der Waals surface area contributed by atoms with Crippen LogP contribution in [0.5, 0.6) is 0 Å². The van der Waals surface area contributed by atoms with Gasteiger partial charge in [-0.3, -0.25) is 4.68 Å². The van der Waals surface area contributed by atoms with Gasteiger partial charge in [0.25, 0.3) is 0 Å². The minimum atomic E-state index is -0.420. The summed E-state index contributed by atoms with van der Waals surface area (Å²) < 4.78 is 6.55. The Kier molecular flexibility index (Phi) is 6.57. The Labute approximate surface area is 192 Å². The average Bonchev–Trinajstić information content (AvgIpc) is 3.17. The molecule has 1 saturated heterocycles. The molecule has 0 bridgehead atoms. The van der Waals surface area contributed by atoms with Gasteiger partial charge in [-0.25, -0.2) is 14.8 Å². The summed E-state index contributed by atoms with van der Waals surface area (Å²) in [6, 6.07) is 9.27. The van der Waals surface area contributed by atoms with E-state index in [-0.39, 0.29) is 0 Å². The first-order valence-electron chi connectivity index (χ1n) is 10.5. The number of rotatable bonds is 6. The van der Waals surface area contributed by atoms with E-state index in [2.05, 4.69) is 37.2 Å². The average molecular weight is 456 g/mol. The number of anilines is 3. The van der Waals surface area contributed by atoms with E-state index in [0.29, 0.717) is 34.7 Å². The third kappa shape index (κ3) is 4.84. The zero-order valence-corrected chi connectivity index (χ0v) is 19.1. The maximum Gasteiger partial charge on any atom is 0.356 e. The van der Waals surface area contributed by atoms with Crippen LogP contribution in [-0.2, 0) is 11.8 Å². The second-order valence-electron chi connectivity index (χ2n) is 7.61. The molecule has 4 rings (SSSR count). The highest BCUT2D eigenvalue weighted by Gasteiger charge is 2.18. The minimum absolute atomic E-state index is 0.303. The van der Waals surface area contributed by atoms with Crippen molar-refractivity contribution >= 4 is 34.9 Å². The van der Waals surface area contributed by atoms with E-state index in [0.717, 1.165) is 37.6 Å². The highest BCUT2D eigenvalue weighted by atomic mass is 35.5. The monoisotopic (exact) mass is 455 g/mol. The van der Waals surface area contributed by atoms with E-state index >= 15 is 0 Å². The van der Waals surface area contributed by atoms with Gasteiger partial charge in [-0.05, 0) is 38.2 Å². The minimum Gasteiger partial charge on any atom is -0.461 e. The number of hydrogen-bond donors (Lipinski definition) is 1. The third-order valence-electron chi connectivity index (χ3n) is 5.33. The molecule has 0 atom stereocenters. The molecule has 3 aromatic rings. The molecular formula is C22H26ClN7O2. The maximum absolute atomic E-state index is 12.1. The summed E-state index contributed by atoms with van der Waals surface area (Å²) in [6.45, 7) is 6.00. The Morgan fingerprint density at radius 1 is 1.12 bits per heavy atom. The van der Waals surface area contributed by atoms with Crippen LogP contribution in [0, 0.1) is 0 Å². The topological polar surface area (TPSA) is 88.4 Å². The quantitative estimate of drug-likeness (QED) is 0.567. The molecule has 1 fully saturated rings. The molecule has 1 aromatic carbocycles. The number of halogens is 1. The molecule has 0 aliphatic carbocycles. The second kappa shape index (κ2) is 9.54. The van der Waals surface area contributed by atoms with Crippen molar-refractivity contribution in [3.05, 3.63) is 47.2 Å². The number of likely N-dealkylation sites (N-methyl/N-ethyl adjacent to an activating group) is 1. The number of nitrogens with zero attached hydrogens (tertiary/aromatic N) is 6. The number of aryl methyl sites for hydroxylation is 1. The number of carbonyl (C=O) groups is 1. The highest BCUT2D eigenvalue weighted by molar-refractivity contribution is 6.33. The van der Waals surface area contributed by atoms with Crippen LogP contribution in [0.1, 0.15) is 17.4 Å². The summed E-state index contributed by atoms with van der Waals surface area (Å²) in [5.74, 6) is -0.00881. The summed E-state index contributed by atoms with van der Waals surface area (Å²) in [7, 11) is 3.82. The summed E-state index contributed by atoms with van der Waals surface area (Å²) in [5, 5.41) is 8.26. The fourth-order valence-corrected chi connectivity index (χ4v) is 3.87. The van der Waals surface area contributed by atoms with Crippen LogP contribution in [0.2, 0.25) is 5.02 Å². The predicted molar refractivity (Wildman–Crippen MR) is 125 cm³/mol. The zero-order chi connectivity index (χ0) is 22.7. The Morgan fingerprint density at radius 3 is 2.62 bits per heavy atom. The van der Waals surface area contributed by atoms with Crippen LogP contribution < -0.4 is 10.2 Å². The fraction of sp³-hybridized carbons (Fsp3) is 0.364. The van der Waals surface area contributed by atoms with E-state index in [1.54, 1.807) is 32.3 Å². The van der Waals surface area contributed by atoms with Gasteiger partial charge >= 0.3 is 5.97 Å². The summed E-state index contributed by atoms with van der Waals surface area (Å²) in [5.41, 5.74) is 3.33. The lowest BCUT2D eigenvalue weighted by atomic mass is 10.2. The Bertz CT molecular complexity index is 1110. The molecular weight excluding hydrogens is 430 g/mol. The molecule has 1 N–H and O–H groups in total. The number of ether oxygens (including phenoxy) is 1. The van der Waals surface area contributed by atoms with Gasteiger partial charge in [-0.15, -0.1) is 0 Å². The van der Waals surface area contributed by atoms with Gasteiger partial charge in [-0.1, -0.05) is 11.6 Å². The van der Waals surface area contributed by atoms with Crippen LogP contribution in [-0.4, -0.2) is 70.5 Å². The molecule has 1 aliphatic heterocycles. The van der Waals surface area contributed by atoms with E-state index in [1.165, 1.54) is 4.68 Å². The summed E-state index contributed by atoms with van der Waals surface area (Å²) in [6.07, 6.45) is 1.64. The maximum atomic E-state index is 12.1.